The van der Waals surface area contributed by atoms with Crippen molar-refractivity contribution < 1.29 is 29.0 Å². The molecule has 4 aromatic carbocycles. The average molecular weight is 797 g/mol. The van der Waals surface area contributed by atoms with Crippen LogP contribution in [-0.4, -0.2) is 68.2 Å². The van der Waals surface area contributed by atoms with Gasteiger partial charge in [-0.2, -0.15) is 0 Å². The monoisotopic (exact) mass is 795 g/mol. The number of likely N-dealkylation sites (tertiary alicyclic amines) is 1. The van der Waals surface area contributed by atoms with Gasteiger partial charge in [-0.3, -0.25) is 14.4 Å². The van der Waals surface area contributed by atoms with Crippen molar-refractivity contribution in [3.63, 3.8) is 0 Å². The van der Waals surface area contributed by atoms with Gasteiger partial charge in [0.15, 0.2) is 5.60 Å². The highest BCUT2D eigenvalue weighted by Gasteiger charge is 2.66. The predicted octanol–water partition coefficient (Wildman–Crippen LogP) is 6.85. The molecule has 7 rings (SSSR count). The first kappa shape index (κ1) is 37.0. The van der Waals surface area contributed by atoms with Crippen LogP contribution in [0.1, 0.15) is 47.7 Å². The number of methoxy groups -OCH3 is 1. The Bertz CT molecular complexity index is 2010. The second-order valence-electron chi connectivity index (χ2n) is 15.0. The molecule has 0 saturated carbocycles. The standard InChI is InChI=1S/C42H46BrN3O6Si/c1-27-39(53(3,4)34-18-16-33(51-2)17-19-34)37(24-38(48)45-21-9-14-32(45)26-47)52-42(27)35-23-30(43)15-20-36(35)46(41(42)50)25-28-10-8-13-31(22-28)44-40(49)29-11-6-5-7-12-29/h5-8,10-13,15-20,22-23,27,32,37,39,47H,9,14,21,24-26H2,1-4H3,(H,44,49)/t27-,32+,37+,39-,42+/m1/s1. The topological polar surface area (TPSA) is 108 Å². The largest absolute Gasteiger partial charge is 0.497 e. The molecule has 53 heavy (non-hydrogen) atoms. The van der Waals surface area contributed by atoms with Crippen LogP contribution in [0.3, 0.4) is 0 Å². The number of fused-ring (bicyclic) bond motifs is 2. The van der Waals surface area contributed by atoms with Gasteiger partial charge in [0.1, 0.15) is 5.75 Å². The molecule has 5 atom stereocenters. The zero-order valence-electron chi connectivity index (χ0n) is 30.6. The van der Waals surface area contributed by atoms with E-state index < -0.39 is 19.8 Å². The summed E-state index contributed by atoms with van der Waals surface area (Å²) in [5, 5.41) is 14.2. The number of nitrogens with one attached hydrogen (secondary N) is 1. The molecule has 11 heteroatoms. The van der Waals surface area contributed by atoms with Crippen LogP contribution in [0.25, 0.3) is 0 Å². The molecule has 3 aliphatic rings. The zero-order valence-corrected chi connectivity index (χ0v) is 33.1. The molecule has 4 aromatic rings. The van der Waals surface area contributed by atoms with Gasteiger partial charge < -0.3 is 29.7 Å². The van der Waals surface area contributed by atoms with Crippen molar-refractivity contribution in [3.05, 3.63) is 118 Å². The van der Waals surface area contributed by atoms with Crippen LogP contribution in [0.4, 0.5) is 11.4 Å². The quantitative estimate of drug-likeness (QED) is 0.170. The van der Waals surface area contributed by atoms with E-state index in [0.717, 1.165) is 39.9 Å². The summed E-state index contributed by atoms with van der Waals surface area (Å²) in [6.07, 6.45) is 1.22. The average Bonchev–Trinajstić information content (AvgIpc) is 3.82. The van der Waals surface area contributed by atoms with E-state index in [1.165, 1.54) is 5.19 Å². The molecule has 2 saturated heterocycles. The van der Waals surface area contributed by atoms with Gasteiger partial charge in [0.2, 0.25) is 5.91 Å². The highest BCUT2D eigenvalue weighted by atomic mass is 79.9. The van der Waals surface area contributed by atoms with Crippen molar-refractivity contribution in [2.45, 2.75) is 69.1 Å². The third kappa shape index (κ3) is 6.73. The fourth-order valence-corrected chi connectivity index (χ4v) is 13.4. The van der Waals surface area contributed by atoms with Gasteiger partial charge in [-0.15, -0.1) is 0 Å². The minimum absolute atomic E-state index is 0.0496. The van der Waals surface area contributed by atoms with Crippen molar-refractivity contribution in [3.8, 4) is 5.75 Å². The van der Waals surface area contributed by atoms with Crippen LogP contribution in [0.2, 0.25) is 18.6 Å². The highest BCUT2D eigenvalue weighted by molar-refractivity contribution is 9.10. The summed E-state index contributed by atoms with van der Waals surface area (Å²) < 4.78 is 13.5. The summed E-state index contributed by atoms with van der Waals surface area (Å²) >= 11 is 3.68. The Kier molecular flexibility index (Phi) is 10.4. The second-order valence-corrected chi connectivity index (χ2v) is 20.6. The molecule has 276 valence electrons. The van der Waals surface area contributed by atoms with Crippen LogP contribution in [0.15, 0.2) is 102 Å². The Labute approximate surface area is 320 Å². The molecule has 3 heterocycles. The Morgan fingerprint density at radius 3 is 2.49 bits per heavy atom. The van der Waals surface area contributed by atoms with Crippen molar-refractivity contribution >= 4 is 58.3 Å². The van der Waals surface area contributed by atoms with Crippen LogP contribution in [0.5, 0.6) is 5.75 Å². The Hall–Kier alpha value is -4.29. The first-order valence-corrected chi connectivity index (χ1v) is 22.1. The van der Waals surface area contributed by atoms with E-state index in [1.807, 2.05) is 72.8 Å². The number of amides is 3. The summed E-state index contributed by atoms with van der Waals surface area (Å²) in [4.78, 5) is 45.8. The van der Waals surface area contributed by atoms with Crippen molar-refractivity contribution in [2.75, 3.05) is 30.5 Å². The predicted molar refractivity (Wildman–Crippen MR) is 212 cm³/mol. The maximum Gasteiger partial charge on any atom is 0.264 e. The smallest absolute Gasteiger partial charge is 0.264 e. The molecule has 0 bridgehead atoms. The van der Waals surface area contributed by atoms with Gasteiger partial charge in [-0.1, -0.05) is 83.6 Å². The molecule has 3 aliphatic heterocycles. The van der Waals surface area contributed by atoms with Gasteiger partial charge in [-0.05, 0) is 78.5 Å². The lowest BCUT2D eigenvalue weighted by molar-refractivity contribution is -0.150. The number of hydrogen-bond donors (Lipinski definition) is 2. The lowest BCUT2D eigenvalue weighted by Crippen LogP contribution is -2.52. The van der Waals surface area contributed by atoms with Crippen molar-refractivity contribution in [2.24, 2.45) is 5.92 Å². The summed E-state index contributed by atoms with van der Waals surface area (Å²) in [5.41, 5.74) is 2.15. The first-order chi connectivity index (χ1) is 25.5. The number of nitrogens with zero attached hydrogens (tertiary/aromatic N) is 2. The third-order valence-electron chi connectivity index (χ3n) is 11.6. The number of carbonyl (C=O) groups is 3. The van der Waals surface area contributed by atoms with E-state index in [-0.39, 0.29) is 54.8 Å². The number of benzene rings is 4. The van der Waals surface area contributed by atoms with Gasteiger partial charge in [0, 0.05) is 33.7 Å². The highest BCUT2D eigenvalue weighted by Crippen LogP contribution is 2.60. The maximum atomic E-state index is 15.2. The fraction of sp³-hybridized carbons (Fsp3) is 0.357. The fourth-order valence-electron chi connectivity index (χ4n) is 9.01. The van der Waals surface area contributed by atoms with E-state index in [4.69, 9.17) is 9.47 Å². The molecule has 0 aromatic heterocycles. The molecule has 2 N–H and O–H groups in total. The normalized spacial score (nSPS) is 23.8. The molecule has 3 amide bonds. The van der Waals surface area contributed by atoms with Gasteiger partial charge in [0.05, 0.1) is 52.6 Å². The Morgan fingerprint density at radius 2 is 1.77 bits per heavy atom. The van der Waals surface area contributed by atoms with Crippen LogP contribution in [0, 0.1) is 5.92 Å². The molecule has 2 fully saturated rings. The summed E-state index contributed by atoms with van der Waals surface area (Å²) in [7, 11) is -0.818. The van der Waals surface area contributed by atoms with Crippen LogP contribution >= 0.6 is 15.9 Å². The molecular weight excluding hydrogens is 750 g/mol. The zero-order chi connectivity index (χ0) is 37.5. The number of halogens is 1. The van der Waals surface area contributed by atoms with Crippen molar-refractivity contribution in [1.82, 2.24) is 4.90 Å². The lowest BCUT2D eigenvalue weighted by atomic mass is 9.82. The van der Waals surface area contributed by atoms with E-state index in [2.05, 4.69) is 53.4 Å². The van der Waals surface area contributed by atoms with Gasteiger partial charge >= 0.3 is 0 Å². The number of rotatable bonds is 10. The lowest BCUT2D eigenvalue weighted by Gasteiger charge is -2.37. The van der Waals surface area contributed by atoms with Gasteiger partial charge in [-0.25, -0.2) is 0 Å². The molecule has 1 spiro atoms. The van der Waals surface area contributed by atoms with E-state index in [0.29, 0.717) is 17.8 Å². The Morgan fingerprint density at radius 1 is 1.02 bits per heavy atom. The number of ether oxygens (including phenoxy) is 2. The first-order valence-electron chi connectivity index (χ1n) is 18.3. The maximum absolute atomic E-state index is 15.2. The van der Waals surface area contributed by atoms with Crippen molar-refractivity contribution in [1.29, 1.82) is 0 Å². The molecule has 0 unspecified atom stereocenters. The molecule has 9 nitrogen and oxygen atoms in total. The number of aliphatic hydroxyl groups is 1. The molecule has 0 aliphatic carbocycles. The second kappa shape index (κ2) is 14.9. The summed E-state index contributed by atoms with van der Waals surface area (Å²) in [5.74, 6) is 0.0676. The summed E-state index contributed by atoms with van der Waals surface area (Å²) in [6.45, 7) is 7.52. The van der Waals surface area contributed by atoms with Crippen LogP contribution in [-0.2, 0) is 26.5 Å². The van der Waals surface area contributed by atoms with E-state index >= 15 is 4.79 Å². The Balaban J connectivity index is 1.25. The molecular formula is C42H46BrN3O6Si. The minimum atomic E-state index is -2.47. The minimum Gasteiger partial charge on any atom is -0.497 e. The van der Waals surface area contributed by atoms with E-state index in [9.17, 15) is 14.7 Å². The number of aliphatic hydroxyl groups excluding tert-OH is 1. The van der Waals surface area contributed by atoms with Crippen LogP contribution < -0.4 is 20.1 Å². The number of anilines is 2. The SMILES string of the molecule is COc1ccc([Si](C)(C)[C@H]2[C@H](CC(=O)N3CCC[C@H]3CO)O[C@@]3(C(=O)N(Cc4cccc(NC(=O)c5ccccc5)c4)c4ccc(Br)cc43)[C@@H]2C)cc1. The van der Waals surface area contributed by atoms with Gasteiger partial charge in [0.25, 0.3) is 11.8 Å². The van der Waals surface area contributed by atoms with E-state index in [1.54, 1.807) is 29.0 Å². The summed E-state index contributed by atoms with van der Waals surface area (Å²) in [6, 6.07) is 30.5. The number of hydrogen-bond acceptors (Lipinski definition) is 6. The number of carbonyl (C=O) groups excluding carboxylic acids is 3. The molecule has 0 radical (unpaired) electrons. The third-order valence-corrected chi connectivity index (χ3v) is 16.5.